The summed E-state index contributed by atoms with van der Waals surface area (Å²) >= 11 is 1.22. The molecule has 0 aliphatic carbocycles. The van der Waals surface area contributed by atoms with E-state index in [-0.39, 0.29) is 11.5 Å². The van der Waals surface area contributed by atoms with Crippen molar-refractivity contribution in [2.75, 3.05) is 5.32 Å². The molecule has 0 fully saturated rings. The van der Waals surface area contributed by atoms with Gasteiger partial charge in [-0.1, -0.05) is 17.7 Å². The topological polar surface area (TPSA) is 73.2 Å². The van der Waals surface area contributed by atoms with Crippen LogP contribution < -0.4 is 15.6 Å². The van der Waals surface area contributed by atoms with Crippen LogP contribution in [0.15, 0.2) is 59.7 Å². The minimum Gasteiger partial charge on any atom is -0.457 e. The Kier molecular flexibility index (Phi) is 4.90. The third kappa shape index (κ3) is 3.77. The smallest absolute Gasteiger partial charge is 0.266 e. The molecule has 0 unspecified atom stereocenters. The maximum absolute atomic E-state index is 12.7. The molecule has 29 heavy (non-hydrogen) atoms. The van der Waals surface area contributed by atoms with E-state index in [2.05, 4.69) is 10.3 Å². The monoisotopic (exact) mass is 405 g/mol. The van der Waals surface area contributed by atoms with E-state index in [1.807, 2.05) is 31.2 Å². The first-order valence-electron chi connectivity index (χ1n) is 9.03. The lowest BCUT2D eigenvalue weighted by Crippen LogP contribution is -2.17. The molecule has 2 heterocycles. The van der Waals surface area contributed by atoms with Crippen LogP contribution in [0, 0.1) is 13.8 Å². The van der Waals surface area contributed by atoms with E-state index in [1.54, 1.807) is 38.2 Å². The molecule has 2 aromatic heterocycles. The van der Waals surface area contributed by atoms with Crippen molar-refractivity contribution in [3.05, 3.63) is 81.2 Å². The lowest BCUT2D eigenvalue weighted by Gasteiger charge is -2.08. The molecule has 4 aromatic rings. The quantitative estimate of drug-likeness (QED) is 0.536. The molecule has 1 N–H and O–H groups in total. The summed E-state index contributed by atoms with van der Waals surface area (Å²) in [5, 5.41) is 3.36. The molecule has 0 saturated carbocycles. The van der Waals surface area contributed by atoms with Crippen LogP contribution in [0.5, 0.6) is 11.5 Å². The van der Waals surface area contributed by atoms with Gasteiger partial charge in [-0.25, -0.2) is 4.98 Å². The summed E-state index contributed by atoms with van der Waals surface area (Å²) in [6.45, 7) is 3.79. The molecule has 146 valence electrons. The molecule has 0 atom stereocenters. The van der Waals surface area contributed by atoms with Gasteiger partial charge in [0.05, 0.1) is 16.6 Å². The second-order valence-electron chi connectivity index (χ2n) is 6.79. The average molecular weight is 405 g/mol. The Labute approximate surface area is 171 Å². The molecule has 2 aromatic carbocycles. The van der Waals surface area contributed by atoms with Crippen molar-refractivity contribution in [1.82, 2.24) is 9.55 Å². The second-order valence-corrected chi connectivity index (χ2v) is 7.79. The molecule has 1 amide bonds. The van der Waals surface area contributed by atoms with Gasteiger partial charge in [-0.15, -0.1) is 11.3 Å². The molecule has 0 bridgehead atoms. The van der Waals surface area contributed by atoms with Gasteiger partial charge in [-0.3, -0.25) is 9.59 Å². The van der Waals surface area contributed by atoms with Gasteiger partial charge in [-0.05, 0) is 55.8 Å². The number of carbonyl (C=O) groups excluding carboxylic acids is 1. The van der Waals surface area contributed by atoms with Crippen LogP contribution >= 0.6 is 11.3 Å². The fraction of sp³-hybridized carbons (Fsp3) is 0.136. The van der Waals surface area contributed by atoms with Crippen LogP contribution in [-0.2, 0) is 7.05 Å². The molecule has 0 spiro atoms. The molecule has 0 radical (unpaired) electrons. The van der Waals surface area contributed by atoms with Crippen molar-refractivity contribution >= 4 is 33.1 Å². The molecule has 6 nitrogen and oxygen atoms in total. The summed E-state index contributed by atoms with van der Waals surface area (Å²) in [7, 11) is 1.64. The normalized spacial score (nSPS) is 10.9. The van der Waals surface area contributed by atoms with E-state index >= 15 is 0 Å². The number of nitrogens with zero attached hydrogens (tertiary/aromatic N) is 2. The van der Waals surface area contributed by atoms with Gasteiger partial charge >= 0.3 is 0 Å². The second kappa shape index (κ2) is 7.52. The van der Waals surface area contributed by atoms with E-state index < -0.39 is 0 Å². The number of anilines is 1. The minimum absolute atomic E-state index is 0.152. The number of aromatic nitrogens is 2. The van der Waals surface area contributed by atoms with E-state index in [9.17, 15) is 9.59 Å². The first kappa shape index (κ1) is 18.9. The number of rotatable bonds is 4. The maximum atomic E-state index is 12.7. The number of amides is 1. The van der Waals surface area contributed by atoms with Crippen LogP contribution in [0.2, 0.25) is 0 Å². The Morgan fingerprint density at radius 3 is 2.31 bits per heavy atom. The summed E-state index contributed by atoms with van der Waals surface area (Å²) in [4.78, 5) is 30.4. The first-order valence-corrected chi connectivity index (χ1v) is 9.84. The van der Waals surface area contributed by atoms with Crippen molar-refractivity contribution in [3.8, 4) is 11.5 Å². The summed E-state index contributed by atoms with van der Waals surface area (Å²) in [5.74, 6) is 1.17. The zero-order valence-corrected chi connectivity index (χ0v) is 17.0. The van der Waals surface area contributed by atoms with Gasteiger partial charge in [0, 0.05) is 12.7 Å². The van der Waals surface area contributed by atoms with E-state index in [1.165, 1.54) is 27.8 Å². The van der Waals surface area contributed by atoms with Gasteiger partial charge in [0.15, 0.2) is 0 Å². The van der Waals surface area contributed by atoms with Crippen LogP contribution in [-0.4, -0.2) is 15.5 Å². The maximum Gasteiger partial charge on any atom is 0.266 e. The van der Waals surface area contributed by atoms with Crippen molar-refractivity contribution in [1.29, 1.82) is 0 Å². The SMILES string of the molecule is Cc1ccc(Oc2ccc(NC(=O)c3sc4ncn(C)c(=O)c4c3C)cc2)cc1. The molecule has 0 aliphatic rings. The largest absolute Gasteiger partial charge is 0.457 e. The fourth-order valence-electron chi connectivity index (χ4n) is 2.96. The minimum atomic E-state index is -0.264. The Hall–Kier alpha value is -3.45. The first-order chi connectivity index (χ1) is 13.9. The van der Waals surface area contributed by atoms with Crippen molar-refractivity contribution in [2.24, 2.45) is 7.05 Å². The Bertz CT molecular complexity index is 1260. The number of hydrogen-bond acceptors (Lipinski definition) is 5. The average Bonchev–Trinajstić information content (AvgIpc) is 3.05. The molecule has 0 aliphatic heterocycles. The van der Waals surface area contributed by atoms with Crippen molar-refractivity contribution < 1.29 is 9.53 Å². The fourth-order valence-corrected chi connectivity index (χ4v) is 4.00. The lowest BCUT2D eigenvalue weighted by atomic mass is 10.2. The van der Waals surface area contributed by atoms with Gasteiger partial charge < -0.3 is 14.6 Å². The Balaban J connectivity index is 1.52. The van der Waals surface area contributed by atoms with Crippen LogP contribution in [0.25, 0.3) is 10.2 Å². The van der Waals surface area contributed by atoms with Gasteiger partial charge in [-0.2, -0.15) is 0 Å². The van der Waals surface area contributed by atoms with Gasteiger partial charge in [0.25, 0.3) is 11.5 Å². The van der Waals surface area contributed by atoms with Gasteiger partial charge in [0.2, 0.25) is 0 Å². The highest BCUT2D eigenvalue weighted by Gasteiger charge is 2.19. The summed E-state index contributed by atoms with van der Waals surface area (Å²) in [5.41, 5.74) is 2.31. The third-order valence-electron chi connectivity index (χ3n) is 4.59. The van der Waals surface area contributed by atoms with Crippen molar-refractivity contribution in [2.45, 2.75) is 13.8 Å². The number of ether oxygens (including phenoxy) is 1. The zero-order valence-electron chi connectivity index (χ0n) is 16.2. The number of thiophene rings is 1. The predicted octanol–water partition coefficient (Wildman–Crippen LogP) is 4.66. The van der Waals surface area contributed by atoms with E-state index in [0.717, 1.165) is 5.75 Å². The molecular formula is C22H19N3O3S. The molecule has 7 heteroatoms. The van der Waals surface area contributed by atoms with Crippen LogP contribution in [0.3, 0.4) is 0 Å². The van der Waals surface area contributed by atoms with Crippen LogP contribution in [0.1, 0.15) is 20.8 Å². The number of hydrogen-bond donors (Lipinski definition) is 1. The lowest BCUT2D eigenvalue weighted by molar-refractivity contribution is 0.103. The number of carbonyl (C=O) groups is 1. The van der Waals surface area contributed by atoms with Crippen molar-refractivity contribution in [3.63, 3.8) is 0 Å². The summed E-state index contributed by atoms with van der Waals surface area (Å²) in [6, 6.07) is 14.9. The van der Waals surface area contributed by atoms with E-state index in [0.29, 0.717) is 32.1 Å². The standard InChI is InChI=1S/C22H19N3O3S/c1-13-4-8-16(9-5-13)28-17-10-6-15(7-11-17)24-20(26)19-14(2)18-21(29-19)23-12-25(3)22(18)27/h4-12H,1-3H3,(H,24,26). The Morgan fingerprint density at radius 2 is 1.66 bits per heavy atom. The molecule has 0 saturated heterocycles. The third-order valence-corrected chi connectivity index (χ3v) is 5.78. The Morgan fingerprint density at radius 1 is 1.03 bits per heavy atom. The van der Waals surface area contributed by atoms with Crippen LogP contribution in [0.4, 0.5) is 5.69 Å². The molecular weight excluding hydrogens is 386 g/mol. The highest BCUT2D eigenvalue weighted by atomic mass is 32.1. The summed E-state index contributed by atoms with van der Waals surface area (Å²) in [6.07, 6.45) is 1.47. The number of aryl methyl sites for hydroxylation is 3. The highest BCUT2D eigenvalue weighted by Crippen LogP contribution is 2.28. The highest BCUT2D eigenvalue weighted by molar-refractivity contribution is 7.20. The number of benzene rings is 2. The molecule has 4 rings (SSSR count). The van der Waals surface area contributed by atoms with E-state index in [4.69, 9.17) is 4.74 Å². The predicted molar refractivity (Wildman–Crippen MR) is 115 cm³/mol. The number of fused-ring (bicyclic) bond motifs is 1. The zero-order chi connectivity index (χ0) is 20.5. The number of nitrogens with one attached hydrogen (secondary N) is 1. The summed E-state index contributed by atoms with van der Waals surface area (Å²) < 4.78 is 7.22. The van der Waals surface area contributed by atoms with Gasteiger partial charge in [0.1, 0.15) is 16.3 Å².